The second kappa shape index (κ2) is 13.1. The van der Waals surface area contributed by atoms with E-state index < -0.39 is 42.3 Å². The van der Waals surface area contributed by atoms with Gasteiger partial charge >= 0.3 is 249 Å². The summed E-state index contributed by atoms with van der Waals surface area (Å²) < 4.78 is 44.6. The predicted molar refractivity (Wildman–Crippen MR) is 157 cm³/mol. The van der Waals surface area contributed by atoms with Crippen LogP contribution in [0.1, 0.15) is 29.9 Å². The molecule has 0 bridgehead atoms. The van der Waals surface area contributed by atoms with Crippen molar-refractivity contribution in [1.82, 2.24) is 0 Å². The van der Waals surface area contributed by atoms with E-state index >= 15 is 0 Å². The Balaban J connectivity index is 1.68. The van der Waals surface area contributed by atoms with E-state index in [4.69, 9.17) is 9.84 Å². The molecule has 0 spiro atoms. The summed E-state index contributed by atoms with van der Waals surface area (Å²) >= 11 is 2.62. The molecule has 1 aliphatic rings. The number of carbonyl (C=O) groups is 1. The van der Waals surface area contributed by atoms with E-state index in [1.54, 1.807) is 23.5 Å². The van der Waals surface area contributed by atoms with Crippen LogP contribution in [0, 0.1) is 0 Å². The van der Waals surface area contributed by atoms with Crippen LogP contribution in [0.25, 0.3) is 15.0 Å². The van der Waals surface area contributed by atoms with Gasteiger partial charge in [-0.15, -0.1) is 0 Å². The van der Waals surface area contributed by atoms with Crippen molar-refractivity contribution in [3.05, 3.63) is 57.6 Å². The minimum atomic E-state index is -4.31. The third-order valence-electron chi connectivity index (χ3n) is 6.13. The number of carboxylic acids is 1. The van der Waals surface area contributed by atoms with Crippen molar-refractivity contribution in [1.29, 1.82) is 0 Å². The number of ether oxygens (including phenoxy) is 1. The first-order valence-electron chi connectivity index (χ1n) is 12.3. The Hall–Kier alpha value is -1.94. The van der Waals surface area contributed by atoms with E-state index in [0.29, 0.717) is 31.1 Å². The van der Waals surface area contributed by atoms with Gasteiger partial charge in [0.25, 0.3) is 0 Å². The fourth-order valence-electron chi connectivity index (χ4n) is 4.31. The van der Waals surface area contributed by atoms with Crippen LogP contribution in [0.5, 0.6) is 5.75 Å². The average Bonchev–Trinajstić information content (AvgIpc) is 3.39. The topological polar surface area (TPSA) is 111 Å². The maximum atomic E-state index is 11.2. The second-order valence-corrected chi connectivity index (χ2v) is 15.3. The van der Waals surface area contributed by atoms with Crippen molar-refractivity contribution in [3.8, 4) is 5.75 Å². The molecule has 3 aromatic rings. The minimum absolute atomic E-state index is 0.118. The average molecular weight is 702 g/mol. The molecular formula is C27H30N2O6S3Te. The third-order valence-corrected chi connectivity index (χ3v) is 11.5. The van der Waals surface area contributed by atoms with Gasteiger partial charge < -0.3 is 0 Å². The van der Waals surface area contributed by atoms with Gasteiger partial charge in [0, 0.05) is 0 Å². The first kappa shape index (κ1) is 30.0. The number of anilines is 1. The summed E-state index contributed by atoms with van der Waals surface area (Å²) in [7, 11) is -4.31. The van der Waals surface area contributed by atoms with E-state index in [1.807, 2.05) is 48.6 Å². The van der Waals surface area contributed by atoms with E-state index in [-0.39, 0.29) is 12.8 Å². The Kier molecular flexibility index (Phi) is 10.1. The molecule has 4 rings (SSSR count). The van der Waals surface area contributed by atoms with E-state index in [0.717, 1.165) is 21.7 Å². The SMILES string of the molecule is CSc1ccc2c(c1)N(CCCS(=O)(=O)[O-])/C(=C/C(C)=C/c1[te]c3ccc(SC)cc3[n+]1CCCC(=O)O)O2. The molecule has 8 nitrogen and oxygen atoms in total. The molecule has 0 saturated carbocycles. The molecule has 2 heterocycles. The molecular weight excluding hydrogens is 672 g/mol. The first-order chi connectivity index (χ1) is 18.6. The van der Waals surface area contributed by atoms with Crippen molar-refractivity contribution in [2.24, 2.45) is 0 Å². The van der Waals surface area contributed by atoms with Crippen LogP contribution in [0.3, 0.4) is 0 Å². The number of aliphatic carboxylic acids is 1. The van der Waals surface area contributed by atoms with Crippen molar-refractivity contribution < 1.29 is 32.2 Å². The zero-order valence-electron chi connectivity index (χ0n) is 21.9. The number of benzene rings is 2. The molecule has 0 fully saturated rings. The molecule has 0 aliphatic carbocycles. The van der Waals surface area contributed by atoms with E-state index in [1.165, 1.54) is 12.0 Å². The van der Waals surface area contributed by atoms with Crippen LogP contribution in [-0.2, 0) is 21.5 Å². The summed E-state index contributed by atoms with van der Waals surface area (Å²) in [5.41, 5.74) is 2.97. The van der Waals surface area contributed by atoms with Gasteiger partial charge in [0.1, 0.15) is 0 Å². The molecule has 12 heteroatoms. The number of fused-ring (bicyclic) bond motifs is 2. The Morgan fingerprint density at radius 2 is 1.87 bits per heavy atom. The van der Waals surface area contributed by atoms with E-state index in [9.17, 15) is 17.8 Å². The standard InChI is InChI=1S/C27H30N2O6S3Te/c1-18(15-26-29(11-4-6-27(30)31)22-17-20(37-3)8-10-24(22)39-26)14-25-28(12-5-13-38(32,33)34)21-16-19(36-2)7-9-23(21)35-25/h7-10,14-17H,4-6,11-13H2,1-3H3,(H-,30,31,32,33,34). The molecule has 39 heavy (non-hydrogen) atoms. The van der Waals surface area contributed by atoms with Crippen LogP contribution < -0.4 is 14.2 Å². The van der Waals surface area contributed by atoms with Gasteiger partial charge in [-0.2, -0.15) is 0 Å². The summed E-state index contributed by atoms with van der Waals surface area (Å²) in [4.78, 5) is 15.3. The summed E-state index contributed by atoms with van der Waals surface area (Å²) in [6.45, 7) is 2.96. The fourth-order valence-corrected chi connectivity index (χ4v) is 9.03. The van der Waals surface area contributed by atoms with Gasteiger partial charge in [0.05, 0.1) is 0 Å². The number of nitrogens with zero attached hydrogens (tertiary/aromatic N) is 2. The molecule has 1 aromatic heterocycles. The number of allylic oxidation sites excluding steroid dienone is 2. The first-order valence-corrected chi connectivity index (χ1v) is 18.6. The van der Waals surface area contributed by atoms with Crippen LogP contribution in [0.2, 0.25) is 0 Å². The number of carboxylic acid groups (broad SMARTS) is 1. The second-order valence-electron chi connectivity index (χ2n) is 9.00. The van der Waals surface area contributed by atoms with Crippen LogP contribution in [-0.4, -0.2) is 69.3 Å². The maximum absolute atomic E-state index is 11.2. The quantitative estimate of drug-likeness (QED) is 0.126. The van der Waals surface area contributed by atoms with Gasteiger partial charge in [-0.3, -0.25) is 0 Å². The Bertz CT molecular complexity index is 1550. The summed E-state index contributed by atoms with van der Waals surface area (Å²) in [5.74, 6) is 0.0354. The molecule has 0 unspecified atom stereocenters. The third kappa shape index (κ3) is 7.84. The molecule has 2 aromatic carbocycles. The number of hydrogen-bond acceptors (Lipinski definition) is 8. The molecule has 0 radical (unpaired) electrons. The molecule has 0 atom stereocenters. The normalized spacial score (nSPS) is 14.7. The molecule has 1 aliphatic heterocycles. The Morgan fingerprint density at radius 3 is 2.56 bits per heavy atom. The van der Waals surface area contributed by atoms with Gasteiger partial charge in [-0.25, -0.2) is 0 Å². The van der Waals surface area contributed by atoms with E-state index in [2.05, 4.69) is 28.8 Å². The van der Waals surface area contributed by atoms with Crippen molar-refractivity contribution in [2.45, 2.75) is 42.5 Å². The van der Waals surface area contributed by atoms with Gasteiger partial charge in [-0.05, 0) is 0 Å². The number of hydrogen-bond donors (Lipinski definition) is 1. The number of thioether (sulfide) groups is 2. The van der Waals surface area contributed by atoms with Gasteiger partial charge in [-0.1, -0.05) is 0 Å². The number of rotatable bonds is 12. The predicted octanol–water partition coefficient (Wildman–Crippen LogP) is 4.57. The summed E-state index contributed by atoms with van der Waals surface area (Å²) in [5, 5.41) is 9.16. The fraction of sp³-hybridized carbons (Fsp3) is 0.333. The van der Waals surface area contributed by atoms with Crippen LogP contribution in [0.4, 0.5) is 5.69 Å². The summed E-state index contributed by atoms with van der Waals surface area (Å²) in [6, 6.07) is 12.4. The van der Waals surface area contributed by atoms with Crippen molar-refractivity contribution in [3.63, 3.8) is 0 Å². The monoisotopic (exact) mass is 704 g/mol. The molecule has 0 amide bonds. The Labute approximate surface area is 247 Å². The van der Waals surface area contributed by atoms with Crippen LogP contribution in [0.15, 0.2) is 63.7 Å². The number of aromatic nitrogens is 1. The van der Waals surface area contributed by atoms with Crippen molar-refractivity contribution >= 4 is 80.7 Å². The van der Waals surface area contributed by atoms with Gasteiger partial charge in [0.2, 0.25) is 0 Å². The molecule has 1 N–H and O–H groups in total. The summed E-state index contributed by atoms with van der Waals surface area (Å²) in [6.07, 6.45) is 8.98. The zero-order valence-corrected chi connectivity index (χ0v) is 26.7. The molecule has 208 valence electrons. The number of aryl methyl sites for hydroxylation is 1. The Morgan fingerprint density at radius 1 is 1.15 bits per heavy atom. The molecule has 0 saturated heterocycles. The van der Waals surface area contributed by atoms with Crippen molar-refractivity contribution in [2.75, 3.05) is 29.7 Å². The van der Waals surface area contributed by atoms with Gasteiger partial charge in [0.15, 0.2) is 0 Å². The van der Waals surface area contributed by atoms with Crippen LogP contribution >= 0.6 is 23.5 Å². The zero-order chi connectivity index (χ0) is 28.2.